The van der Waals surface area contributed by atoms with E-state index in [9.17, 15) is 0 Å². The van der Waals surface area contributed by atoms with Crippen molar-refractivity contribution in [3.05, 3.63) is 216 Å². The number of fused-ring (bicyclic) bond motifs is 12. The van der Waals surface area contributed by atoms with Crippen LogP contribution in [0.4, 0.5) is 0 Å². The molecule has 0 fully saturated rings. The Labute approximate surface area is 435 Å². The molecule has 12 aromatic rings. The van der Waals surface area contributed by atoms with Gasteiger partial charge in [0.25, 0.3) is 20.2 Å². The van der Waals surface area contributed by atoms with Gasteiger partial charge in [0.1, 0.15) is 17.2 Å². The third kappa shape index (κ3) is 5.61. The van der Waals surface area contributed by atoms with Gasteiger partial charge >= 0.3 is 0 Å². The maximum atomic E-state index is 6.18. The van der Waals surface area contributed by atoms with Crippen LogP contribution >= 0.6 is 0 Å². The van der Waals surface area contributed by atoms with Crippen molar-refractivity contribution < 1.29 is 27.9 Å². The van der Waals surface area contributed by atoms with E-state index < -0.39 is 0 Å². The number of benzene rings is 9. The number of hydrogen-bond acceptors (Lipinski definition) is 3. The minimum Gasteiger partial charge on any atom is -0.435 e. The zero-order chi connectivity index (χ0) is 50.3. The van der Waals surface area contributed by atoms with Crippen LogP contribution in [0.3, 0.4) is 0 Å². The van der Waals surface area contributed by atoms with Gasteiger partial charge in [0, 0.05) is 49.1 Å². The zero-order valence-electron chi connectivity index (χ0n) is 43.0. The van der Waals surface area contributed by atoms with Crippen molar-refractivity contribution in [2.24, 2.45) is 0 Å². The smallest absolute Gasteiger partial charge is 0.293 e. The highest BCUT2D eigenvalue weighted by Gasteiger charge is 2.49. The number of aromatic nitrogens is 3. The molecule has 0 spiro atoms. The molecule has 360 valence electrons. The van der Waals surface area contributed by atoms with Crippen LogP contribution in [-0.2, 0) is 36.4 Å². The fraction of sp³-hybridized carbons (Fsp3) is 0.174. The van der Waals surface area contributed by atoms with E-state index >= 15 is 0 Å². The predicted octanol–water partition coefficient (Wildman–Crippen LogP) is 14.8. The Morgan fingerprint density at radius 3 is 1.49 bits per heavy atom. The Morgan fingerprint density at radius 1 is 0.347 bits per heavy atom. The normalized spacial score (nSPS) is 16.1. The van der Waals surface area contributed by atoms with E-state index in [-0.39, 0.29) is 16.2 Å². The first-order chi connectivity index (χ1) is 36.5. The van der Waals surface area contributed by atoms with E-state index in [2.05, 4.69) is 237 Å². The SMILES string of the molecule is CC1(C)c2cccc3c2-c2c1c1c(ccc4ccccc41)c[n+]2CO3.CC1(C)c2cccc3c2-c2c1c1ccc4ccccc4c1c[n+]2CO3.CC1(C)c2cccc3c2-c2c1cc1ccc4ccccc4c1[n+]2CO3. The Balaban J connectivity index is 0.0000000953. The number of nitrogens with zero attached hydrogens (tertiary/aromatic N) is 3. The van der Waals surface area contributed by atoms with Gasteiger partial charge in [-0.05, 0) is 91.5 Å². The molecule has 0 radical (unpaired) electrons. The maximum Gasteiger partial charge on any atom is 0.293 e. The van der Waals surface area contributed by atoms with Crippen LogP contribution in [0.1, 0.15) is 74.9 Å². The molecular formula is C69H54N3O3+3. The fourth-order valence-corrected chi connectivity index (χ4v) is 14.4. The Hall–Kier alpha value is -8.61. The summed E-state index contributed by atoms with van der Waals surface area (Å²) >= 11 is 0. The minimum atomic E-state index is -0.0419. The second-order valence-electron chi connectivity index (χ2n) is 22.9. The number of rotatable bonds is 0. The lowest BCUT2D eigenvalue weighted by molar-refractivity contribution is -0.716. The lowest BCUT2D eigenvalue weighted by atomic mass is 9.80. The maximum absolute atomic E-state index is 6.18. The molecule has 6 aliphatic rings. The molecule has 6 heteroatoms. The van der Waals surface area contributed by atoms with Crippen molar-refractivity contribution in [3.63, 3.8) is 0 Å². The van der Waals surface area contributed by atoms with Crippen LogP contribution in [0.5, 0.6) is 17.2 Å². The lowest BCUT2D eigenvalue weighted by Gasteiger charge is -2.22. The molecule has 0 unspecified atom stereocenters. The quantitative estimate of drug-likeness (QED) is 0.112. The highest BCUT2D eigenvalue weighted by molar-refractivity contribution is 6.13. The standard InChI is InChI=1S/3C23H18NO/c1-23(2)17-8-5-9-19-20(17)22-18(23)12-15-11-10-14-6-3-4-7-16(14)21(15)24(22)13-25-19;1-23(2)17-8-5-9-18-20(17)22-21(23)19-15(12-24(22)13-25-18)11-10-14-6-3-4-7-16(14)19;1-23(2)18-8-5-9-19-20(18)22-21(23)16-11-10-14-6-3-4-7-15(14)17(16)12-24(22)13-25-19/h3*3-12H,13H2,1-2H3/q3*+1. The molecule has 0 saturated heterocycles. The minimum absolute atomic E-state index is 0.00401. The van der Waals surface area contributed by atoms with E-state index in [0.717, 1.165) is 17.2 Å². The van der Waals surface area contributed by atoms with Gasteiger partial charge in [-0.15, -0.1) is 0 Å². The van der Waals surface area contributed by atoms with E-state index in [1.165, 1.54) is 132 Å². The van der Waals surface area contributed by atoms with Gasteiger partial charge in [0.15, 0.2) is 12.4 Å². The molecular weight excluding hydrogens is 919 g/mol. The van der Waals surface area contributed by atoms with Gasteiger partial charge in [0.2, 0.25) is 22.6 Å². The van der Waals surface area contributed by atoms with Gasteiger partial charge in [0.05, 0.1) is 27.5 Å². The topological polar surface area (TPSA) is 39.3 Å². The first-order valence-electron chi connectivity index (χ1n) is 26.4. The molecule has 3 aliphatic heterocycles. The van der Waals surface area contributed by atoms with Crippen LogP contribution in [0.25, 0.3) is 98.5 Å². The molecule has 3 aromatic heterocycles. The molecule has 9 aromatic carbocycles. The van der Waals surface area contributed by atoms with Gasteiger partial charge in [-0.2, -0.15) is 13.7 Å². The molecule has 3 aliphatic carbocycles. The molecule has 75 heavy (non-hydrogen) atoms. The van der Waals surface area contributed by atoms with Crippen LogP contribution in [0.2, 0.25) is 0 Å². The zero-order valence-corrected chi connectivity index (χ0v) is 43.0. The van der Waals surface area contributed by atoms with Crippen LogP contribution < -0.4 is 27.9 Å². The summed E-state index contributed by atoms with van der Waals surface area (Å²) in [6, 6.07) is 61.3. The average molecular weight is 973 g/mol. The molecule has 6 nitrogen and oxygen atoms in total. The third-order valence-electron chi connectivity index (χ3n) is 17.9. The van der Waals surface area contributed by atoms with E-state index in [1.807, 2.05) is 0 Å². The number of pyridine rings is 3. The number of hydrogen-bond donors (Lipinski definition) is 0. The van der Waals surface area contributed by atoms with Gasteiger partial charge in [-0.3, -0.25) is 0 Å². The van der Waals surface area contributed by atoms with Crippen molar-refractivity contribution >= 4 is 64.8 Å². The summed E-state index contributed by atoms with van der Waals surface area (Å²) < 4.78 is 25.3. The fourth-order valence-electron chi connectivity index (χ4n) is 14.4. The van der Waals surface area contributed by atoms with E-state index in [4.69, 9.17) is 14.2 Å². The largest absolute Gasteiger partial charge is 0.435 e. The van der Waals surface area contributed by atoms with Gasteiger partial charge < -0.3 is 14.2 Å². The molecule has 6 heterocycles. The second kappa shape index (κ2) is 14.8. The second-order valence-corrected chi connectivity index (χ2v) is 22.9. The van der Waals surface area contributed by atoms with E-state index in [0.29, 0.717) is 20.2 Å². The third-order valence-corrected chi connectivity index (χ3v) is 17.9. The van der Waals surface area contributed by atoms with Crippen LogP contribution in [-0.4, -0.2) is 0 Å². The molecule has 0 saturated carbocycles. The summed E-state index contributed by atoms with van der Waals surface area (Å²) in [5.74, 6) is 3.05. The molecule has 0 N–H and O–H groups in total. The van der Waals surface area contributed by atoms with E-state index in [1.54, 1.807) is 0 Å². The molecule has 0 bridgehead atoms. The predicted molar refractivity (Wildman–Crippen MR) is 300 cm³/mol. The Morgan fingerprint density at radius 2 is 0.827 bits per heavy atom. The van der Waals surface area contributed by atoms with Gasteiger partial charge in [-0.25, -0.2) is 0 Å². The first-order valence-corrected chi connectivity index (χ1v) is 26.4. The summed E-state index contributed by atoms with van der Waals surface area (Å²) in [5.41, 5.74) is 17.4. The molecule has 0 atom stereocenters. The van der Waals surface area contributed by atoms with Crippen molar-refractivity contribution in [2.45, 2.75) is 78.0 Å². The summed E-state index contributed by atoms with van der Waals surface area (Å²) in [6.07, 6.45) is 4.53. The highest BCUT2D eigenvalue weighted by Crippen LogP contribution is 2.57. The first kappa shape index (κ1) is 42.9. The highest BCUT2D eigenvalue weighted by atomic mass is 16.5. The van der Waals surface area contributed by atoms with Gasteiger partial charge in [-0.1, -0.05) is 169 Å². The molecule has 0 amide bonds. The monoisotopic (exact) mass is 972 g/mol. The lowest BCUT2D eigenvalue weighted by Crippen LogP contribution is -2.43. The number of ether oxygens (including phenoxy) is 3. The summed E-state index contributed by atoms with van der Waals surface area (Å²) in [7, 11) is 0. The Kier molecular flexibility index (Phi) is 8.45. The van der Waals surface area contributed by atoms with Crippen molar-refractivity contribution in [1.29, 1.82) is 0 Å². The van der Waals surface area contributed by atoms with Crippen molar-refractivity contribution in [3.8, 4) is 51.0 Å². The average Bonchev–Trinajstić information content (AvgIpc) is 4.05. The Bertz CT molecular complexity index is 4570. The van der Waals surface area contributed by atoms with Crippen LogP contribution in [0.15, 0.2) is 182 Å². The van der Waals surface area contributed by atoms with Crippen LogP contribution in [0, 0.1) is 0 Å². The van der Waals surface area contributed by atoms with Crippen molar-refractivity contribution in [2.75, 3.05) is 0 Å². The summed E-state index contributed by atoms with van der Waals surface area (Å²) in [4.78, 5) is 0. The van der Waals surface area contributed by atoms with Crippen molar-refractivity contribution in [1.82, 2.24) is 0 Å². The summed E-state index contributed by atoms with van der Waals surface area (Å²) in [5, 5.41) is 14.4. The molecule has 18 rings (SSSR count). The summed E-state index contributed by atoms with van der Waals surface area (Å²) in [6.45, 7) is 15.7.